The van der Waals surface area contributed by atoms with Crippen LogP contribution in [0.25, 0.3) is 38.5 Å². The molecule has 5 aromatic rings. The second-order valence-corrected chi connectivity index (χ2v) is 8.85. The summed E-state index contributed by atoms with van der Waals surface area (Å²) in [6.45, 7) is 0.592. The van der Waals surface area contributed by atoms with Crippen molar-refractivity contribution in [3.63, 3.8) is 0 Å². The number of benzene rings is 3. The maximum absolute atomic E-state index is 15.2. The molecule has 0 amide bonds. The van der Waals surface area contributed by atoms with Crippen molar-refractivity contribution in [1.82, 2.24) is 4.57 Å². The SMILES string of the molecule is O=C(O)c1cn2c3c(c(NCC4CC4)c(F)cc3c1=O)Oc1cc3c(cc1-2)oc1ccccc13. The van der Waals surface area contributed by atoms with Gasteiger partial charge in [-0.05, 0) is 37.0 Å². The number of pyridine rings is 1. The molecule has 0 bridgehead atoms. The van der Waals surface area contributed by atoms with Crippen LogP contribution in [-0.2, 0) is 0 Å². The van der Waals surface area contributed by atoms with Gasteiger partial charge in [0.1, 0.15) is 27.9 Å². The van der Waals surface area contributed by atoms with E-state index >= 15 is 4.39 Å². The van der Waals surface area contributed by atoms with E-state index in [1.165, 1.54) is 6.20 Å². The summed E-state index contributed by atoms with van der Waals surface area (Å²) < 4.78 is 29.1. The lowest BCUT2D eigenvalue weighted by molar-refractivity contribution is 0.0695. The highest BCUT2D eigenvalue weighted by Gasteiger charge is 2.30. The molecule has 3 aromatic carbocycles. The number of aromatic nitrogens is 1. The third kappa shape index (κ3) is 2.62. The quantitative estimate of drug-likeness (QED) is 0.356. The highest BCUT2D eigenvalue weighted by atomic mass is 19.1. The Kier molecular flexibility index (Phi) is 3.72. The van der Waals surface area contributed by atoms with Gasteiger partial charge in [-0.2, -0.15) is 0 Å². The van der Waals surface area contributed by atoms with E-state index in [0.29, 0.717) is 40.6 Å². The third-order valence-electron chi connectivity index (χ3n) is 6.62. The Balaban J connectivity index is 1.57. The largest absolute Gasteiger partial charge is 0.477 e. The van der Waals surface area contributed by atoms with Crippen LogP contribution in [0.3, 0.4) is 0 Å². The number of para-hydroxylation sites is 1. The number of anilines is 1. The standard InChI is InChI=1S/C26H17FN2O5/c27-17-7-15-23-25(22(17)28-10-12-5-6-12)34-21-8-14-13-3-1-2-4-19(13)33-20(14)9-18(21)29(23)11-16(24(15)30)26(31)32/h1-4,7-9,11-12,28H,5-6,10H2,(H,31,32). The van der Waals surface area contributed by atoms with Crippen molar-refractivity contribution in [3.8, 4) is 17.2 Å². The highest BCUT2D eigenvalue weighted by Crippen LogP contribution is 2.47. The number of hydrogen-bond donors (Lipinski definition) is 2. The van der Waals surface area contributed by atoms with Crippen molar-refractivity contribution in [2.75, 3.05) is 11.9 Å². The van der Waals surface area contributed by atoms with Crippen LogP contribution in [0.1, 0.15) is 23.2 Å². The molecule has 2 N–H and O–H groups in total. The molecule has 2 aliphatic rings. The number of carboxylic acids is 1. The van der Waals surface area contributed by atoms with Crippen LogP contribution in [-0.4, -0.2) is 22.2 Å². The molecule has 2 aromatic heterocycles. The lowest BCUT2D eigenvalue weighted by Gasteiger charge is -2.26. The fourth-order valence-corrected chi connectivity index (χ4v) is 4.72. The minimum Gasteiger partial charge on any atom is -0.477 e. The second-order valence-electron chi connectivity index (χ2n) is 8.85. The van der Waals surface area contributed by atoms with E-state index in [9.17, 15) is 14.7 Å². The molecule has 7 nitrogen and oxygen atoms in total. The first-order chi connectivity index (χ1) is 16.5. The molecular weight excluding hydrogens is 439 g/mol. The molecule has 7 rings (SSSR count). The number of nitrogens with zero attached hydrogens (tertiary/aromatic N) is 1. The van der Waals surface area contributed by atoms with Crippen molar-refractivity contribution in [3.05, 3.63) is 70.3 Å². The lowest BCUT2D eigenvalue weighted by atomic mass is 10.1. The van der Waals surface area contributed by atoms with Crippen molar-refractivity contribution in [2.45, 2.75) is 12.8 Å². The van der Waals surface area contributed by atoms with Gasteiger partial charge in [-0.15, -0.1) is 0 Å². The van der Waals surface area contributed by atoms with E-state index in [1.54, 1.807) is 16.7 Å². The van der Waals surface area contributed by atoms with Gasteiger partial charge < -0.3 is 24.1 Å². The summed E-state index contributed by atoms with van der Waals surface area (Å²) in [6, 6.07) is 12.2. The number of nitrogens with one attached hydrogen (secondary N) is 1. The van der Waals surface area contributed by atoms with E-state index < -0.39 is 22.8 Å². The number of rotatable bonds is 4. The van der Waals surface area contributed by atoms with E-state index in [4.69, 9.17) is 9.15 Å². The molecule has 0 saturated heterocycles. The van der Waals surface area contributed by atoms with Crippen LogP contribution in [0.5, 0.6) is 11.5 Å². The maximum atomic E-state index is 15.2. The summed E-state index contributed by atoms with van der Waals surface area (Å²) in [5, 5.41) is 14.5. The Hall–Kier alpha value is -4.33. The van der Waals surface area contributed by atoms with Crippen LogP contribution in [0, 0.1) is 11.7 Å². The molecule has 1 aliphatic heterocycles. The average Bonchev–Trinajstić information content (AvgIpc) is 3.58. The van der Waals surface area contributed by atoms with Gasteiger partial charge in [0.15, 0.2) is 17.3 Å². The number of hydrogen-bond acceptors (Lipinski definition) is 5. The molecule has 0 atom stereocenters. The van der Waals surface area contributed by atoms with Gasteiger partial charge in [0.2, 0.25) is 5.43 Å². The molecule has 0 unspecified atom stereocenters. The van der Waals surface area contributed by atoms with Gasteiger partial charge in [0, 0.05) is 29.6 Å². The Morgan fingerprint density at radius 3 is 2.74 bits per heavy atom. The van der Waals surface area contributed by atoms with Gasteiger partial charge in [0.05, 0.1) is 11.1 Å². The van der Waals surface area contributed by atoms with Crippen molar-refractivity contribution < 1.29 is 23.4 Å². The summed E-state index contributed by atoms with van der Waals surface area (Å²) in [5.41, 5.74) is 1.07. The normalized spacial score (nSPS) is 14.4. The summed E-state index contributed by atoms with van der Waals surface area (Å²) in [7, 11) is 0. The minimum atomic E-state index is -1.38. The fourth-order valence-electron chi connectivity index (χ4n) is 4.72. The molecule has 168 valence electrons. The number of fused-ring (bicyclic) bond motifs is 5. The van der Waals surface area contributed by atoms with Crippen molar-refractivity contribution in [2.24, 2.45) is 5.92 Å². The van der Waals surface area contributed by atoms with Gasteiger partial charge in [-0.3, -0.25) is 4.79 Å². The Labute approximate surface area is 191 Å². The van der Waals surface area contributed by atoms with E-state index in [1.807, 2.05) is 24.3 Å². The number of aromatic carboxylic acids is 1. The Bertz CT molecular complexity index is 1760. The number of furan rings is 1. The van der Waals surface area contributed by atoms with Crippen LogP contribution >= 0.6 is 0 Å². The zero-order chi connectivity index (χ0) is 23.1. The first-order valence-electron chi connectivity index (χ1n) is 11.0. The first-order valence-corrected chi connectivity index (χ1v) is 11.0. The van der Waals surface area contributed by atoms with Crippen LogP contribution in [0.4, 0.5) is 10.1 Å². The Morgan fingerprint density at radius 2 is 1.94 bits per heavy atom. The number of carbonyl (C=O) groups is 1. The summed E-state index contributed by atoms with van der Waals surface area (Å²) >= 11 is 0. The molecule has 1 aliphatic carbocycles. The number of ether oxygens (including phenoxy) is 1. The summed E-state index contributed by atoms with van der Waals surface area (Å²) in [6.07, 6.45) is 3.44. The minimum absolute atomic E-state index is 0.0558. The molecule has 1 saturated carbocycles. The van der Waals surface area contributed by atoms with E-state index in [0.717, 1.165) is 29.7 Å². The van der Waals surface area contributed by atoms with E-state index in [-0.39, 0.29) is 16.8 Å². The fraction of sp³-hybridized carbons (Fsp3) is 0.154. The Morgan fingerprint density at radius 1 is 1.12 bits per heavy atom. The summed E-state index contributed by atoms with van der Waals surface area (Å²) in [4.78, 5) is 24.8. The van der Waals surface area contributed by atoms with Gasteiger partial charge in [-0.1, -0.05) is 18.2 Å². The van der Waals surface area contributed by atoms with Gasteiger partial charge >= 0.3 is 5.97 Å². The zero-order valence-corrected chi connectivity index (χ0v) is 17.7. The topological polar surface area (TPSA) is 93.7 Å². The molecular formula is C26H17FN2O5. The smallest absolute Gasteiger partial charge is 0.341 e. The molecule has 3 heterocycles. The molecule has 1 fully saturated rings. The van der Waals surface area contributed by atoms with Crippen LogP contribution in [0.15, 0.2) is 57.9 Å². The van der Waals surface area contributed by atoms with E-state index in [2.05, 4.69) is 5.32 Å². The first kappa shape index (κ1) is 19.2. The van der Waals surface area contributed by atoms with Crippen molar-refractivity contribution >= 4 is 44.5 Å². The highest BCUT2D eigenvalue weighted by molar-refractivity contribution is 6.07. The molecule has 0 radical (unpaired) electrons. The van der Waals surface area contributed by atoms with Crippen LogP contribution in [0.2, 0.25) is 0 Å². The maximum Gasteiger partial charge on any atom is 0.341 e. The molecule has 0 spiro atoms. The second kappa shape index (κ2) is 6.60. The van der Waals surface area contributed by atoms with Gasteiger partial charge in [-0.25, -0.2) is 9.18 Å². The van der Waals surface area contributed by atoms with Crippen LogP contribution < -0.4 is 15.5 Å². The predicted molar refractivity (Wildman–Crippen MR) is 125 cm³/mol. The summed E-state index contributed by atoms with van der Waals surface area (Å²) in [5.74, 6) is -0.983. The third-order valence-corrected chi connectivity index (χ3v) is 6.62. The number of carboxylic acid groups (broad SMARTS) is 1. The van der Waals surface area contributed by atoms with Crippen molar-refractivity contribution in [1.29, 1.82) is 0 Å². The monoisotopic (exact) mass is 456 g/mol. The molecule has 8 heteroatoms. The average molecular weight is 456 g/mol. The predicted octanol–water partition coefficient (Wildman–Crippen LogP) is 5.66. The van der Waals surface area contributed by atoms with Gasteiger partial charge in [0.25, 0.3) is 0 Å². The zero-order valence-electron chi connectivity index (χ0n) is 17.7. The lowest BCUT2D eigenvalue weighted by Crippen LogP contribution is -2.21. The molecule has 34 heavy (non-hydrogen) atoms. The number of halogens is 1.